The maximum Gasteiger partial charge on any atom is 0.338 e. The fraction of sp³-hybridized carbons (Fsp3) is 0.130. The quantitative estimate of drug-likeness (QED) is 0.618. The van der Waals surface area contributed by atoms with Crippen LogP contribution in [0.4, 0.5) is 5.69 Å². The van der Waals surface area contributed by atoms with Crippen LogP contribution in [0.15, 0.2) is 84.9 Å². The number of hydrogen-bond acceptors (Lipinski definition) is 4. The first-order valence-corrected chi connectivity index (χ1v) is 9.04. The minimum atomic E-state index is -0.463. The number of carbonyl (C=O) groups excluding carboxylic acids is 2. The molecule has 0 heterocycles. The number of rotatable bonds is 7. The topological polar surface area (TPSA) is 81.4 Å². The van der Waals surface area contributed by atoms with Crippen molar-refractivity contribution in [1.29, 1.82) is 0 Å². The largest absolute Gasteiger partial charge is 0.457 e. The molecule has 0 bridgehead atoms. The van der Waals surface area contributed by atoms with Crippen LogP contribution in [0.1, 0.15) is 27.4 Å². The van der Waals surface area contributed by atoms with Crippen molar-refractivity contribution in [2.24, 2.45) is 5.73 Å². The summed E-state index contributed by atoms with van der Waals surface area (Å²) in [7, 11) is 0. The zero-order valence-electron chi connectivity index (χ0n) is 15.4. The number of carbonyl (C=O) groups is 2. The summed E-state index contributed by atoms with van der Waals surface area (Å²) < 4.78 is 5.34. The lowest BCUT2D eigenvalue weighted by Gasteiger charge is -2.15. The molecule has 0 radical (unpaired) electrons. The predicted molar refractivity (Wildman–Crippen MR) is 109 cm³/mol. The third-order valence-electron chi connectivity index (χ3n) is 4.33. The molecule has 0 fully saturated rings. The number of hydrogen-bond donors (Lipinski definition) is 2. The molecule has 142 valence electrons. The van der Waals surface area contributed by atoms with Gasteiger partial charge in [0.2, 0.25) is 5.91 Å². The second-order valence-corrected chi connectivity index (χ2v) is 6.33. The maximum atomic E-state index is 12.6. The predicted octanol–water partition coefficient (Wildman–Crippen LogP) is 3.72. The van der Waals surface area contributed by atoms with Gasteiger partial charge in [-0.15, -0.1) is 0 Å². The molecule has 0 aliphatic carbocycles. The summed E-state index contributed by atoms with van der Waals surface area (Å²) in [5, 5.41) is 2.83. The van der Waals surface area contributed by atoms with Crippen LogP contribution in [0.5, 0.6) is 0 Å². The summed E-state index contributed by atoms with van der Waals surface area (Å²) in [6.07, 6.45) is 0. The van der Waals surface area contributed by atoms with Crippen LogP contribution >= 0.6 is 0 Å². The van der Waals surface area contributed by atoms with Crippen molar-refractivity contribution in [2.75, 3.05) is 11.9 Å². The summed E-state index contributed by atoms with van der Waals surface area (Å²) in [5.41, 5.74) is 8.45. The molecule has 3 aromatic rings. The molecule has 3 rings (SSSR count). The lowest BCUT2D eigenvalue weighted by molar-refractivity contribution is -0.117. The number of nitrogens with one attached hydrogen (secondary N) is 1. The van der Waals surface area contributed by atoms with Gasteiger partial charge in [-0.05, 0) is 29.3 Å². The second kappa shape index (κ2) is 9.48. The van der Waals surface area contributed by atoms with E-state index in [2.05, 4.69) is 5.32 Å². The number of esters is 1. The highest BCUT2D eigenvalue weighted by molar-refractivity contribution is 5.97. The summed E-state index contributed by atoms with van der Waals surface area (Å²) in [5.74, 6) is -1.13. The molecular formula is C23H22N2O3. The van der Waals surface area contributed by atoms with E-state index in [1.807, 2.05) is 60.7 Å². The van der Waals surface area contributed by atoms with Crippen LogP contribution in [0, 0.1) is 0 Å². The van der Waals surface area contributed by atoms with E-state index in [1.165, 1.54) is 0 Å². The molecule has 1 atom stereocenters. The van der Waals surface area contributed by atoms with Crippen LogP contribution in [0.2, 0.25) is 0 Å². The minimum Gasteiger partial charge on any atom is -0.457 e. The Balaban J connectivity index is 1.65. The smallest absolute Gasteiger partial charge is 0.338 e. The highest BCUT2D eigenvalue weighted by Crippen LogP contribution is 2.19. The van der Waals surface area contributed by atoms with E-state index in [4.69, 9.17) is 10.5 Å². The number of ether oxygens (including phenoxy) is 1. The van der Waals surface area contributed by atoms with Gasteiger partial charge in [-0.25, -0.2) is 4.79 Å². The molecule has 28 heavy (non-hydrogen) atoms. The summed E-state index contributed by atoms with van der Waals surface area (Å²) >= 11 is 0. The average molecular weight is 374 g/mol. The number of nitrogens with two attached hydrogens (primary N) is 1. The number of benzene rings is 3. The van der Waals surface area contributed by atoms with Gasteiger partial charge in [0.05, 0.1) is 11.5 Å². The fourth-order valence-corrected chi connectivity index (χ4v) is 2.84. The first-order valence-electron chi connectivity index (χ1n) is 9.04. The maximum absolute atomic E-state index is 12.6. The van der Waals surface area contributed by atoms with Gasteiger partial charge in [0.15, 0.2) is 0 Å². The molecule has 1 unspecified atom stereocenters. The SMILES string of the molecule is NCC(C(=O)Nc1cccc(C(=O)OCc2ccccc2)c1)c1ccccc1. The van der Waals surface area contributed by atoms with Gasteiger partial charge in [-0.2, -0.15) is 0 Å². The van der Waals surface area contributed by atoms with Gasteiger partial charge < -0.3 is 15.8 Å². The van der Waals surface area contributed by atoms with Gasteiger partial charge in [0.25, 0.3) is 0 Å². The van der Waals surface area contributed by atoms with Crippen molar-refractivity contribution in [3.63, 3.8) is 0 Å². The van der Waals surface area contributed by atoms with Gasteiger partial charge in [0.1, 0.15) is 6.61 Å². The molecule has 0 aromatic heterocycles. The van der Waals surface area contributed by atoms with Gasteiger partial charge in [-0.3, -0.25) is 4.79 Å². The molecule has 0 saturated heterocycles. The van der Waals surface area contributed by atoms with Crippen molar-refractivity contribution in [2.45, 2.75) is 12.5 Å². The Hall–Kier alpha value is -3.44. The van der Waals surface area contributed by atoms with E-state index in [0.717, 1.165) is 11.1 Å². The molecule has 0 aliphatic heterocycles. The van der Waals surface area contributed by atoms with E-state index < -0.39 is 11.9 Å². The monoisotopic (exact) mass is 374 g/mol. The van der Waals surface area contributed by atoms with E-state index in [1.54, 1.807) is 24.3 Å². The Morgan fingerprint density at radius 2 is 1.57 bits per heavy atom. The lowest BCUT2D eigenvalue weighted by Crippen LogP contribution is -2.27. The molecule has 0 spiro atoms. The lowest BCUT2D eigenvalue weighted by atomic mass is 9.98. The highest BCUT2D eigenvalue weighted by Gasteiger charge is 2.19. The zero-order valence-corrected chi connectivity index (χ0v) is 15.4. The zero-order chi connectivity index (χ0) is 19.8. The minimum absolute atomic E-state index is 0.189. The molecule has 0 aliphatic rings. The molecule has 3 N–H and O–H groups in total. The first kappa shape index (κ1) is 19.3. The van der Waals surface area contributed by atoms with E-state index in [9.17, 15) is 9.59 Å². The Morgan fingerprint density at radius 3 is 2.25 bits per heavy atom. The standard InChI is InChI=1S/C23H22N2O3/c24-15-21(18-10-5-2-6-11-18)22(26)25-20-13-7-12-19(14-20)23(27)28-16-17-8-3-1-4-9-17/h1-14,21H,15-16,24H2,(H,25,26). The normalized spacial score (nSPS) is 11.5. The van der Waals surface area contributed by atoms with Crippen LogP contribution in [0.25, 0.3) is 0 Å². The Morgan fingerprint density at radius 1 is 0.893 bits per heavy atom. The summed E-state index contributed by atoms with van der Waals surface area (Å²) in [4.78, 5) is 24.9. The fourth-order valence-electron chi connectivity index (χ4n) is 2.84. The molecule has 1 amide bonds. The Kier molecular flexibility index (Phi) is 6.54. The van der Waals surface area contributed by atoms with Crippen molar-refractivity contribution in [1.82, 2.24) is 0 Å². The first-order chi connectivity index (χ1) is 13.7. The van der Waals surface area contributed by atoms with Gasteiger partial charge in [0, 0.05) is 12.2 Å². The molecule has 0 saturated carbocycles. The molecule has 5 nitrogen and oxygen atoms in total. The van der Waals surface area contributed by atoms with Crippen molar-refractivity contribution >= 4 is 17.6 Å². The van der Waals surface area contributed by atoms with Gasteiger partial charge >= 0.3 is 5.97 Å². The highest BCUT2D eigenvalue weighted by atomic mass is 16.5. The van der Waals surface area contributed by atoms with Crippen LogP contribution in [-0.4, -0.2) is 18.4 Å². The van der Waals surface area contributed by atoms with Gasteiger partial charge in [-0.1, -0.05) is 66.7 Å². The number of anilines is 1. The molecular weight excluding hydrogens is 352 g/mol. The van der Waals surface area contributed by atoms with Crippen molar-refractivity contribution in [3.8, 4) is 0 Å². The van der Waals surface area contributed by atoms with E-state index in [0.29, 0.717) is 11.3 Å². The van der Waals surface area contributed by atoms with Crippen molar-refractivity contribution < 1.29 is 14.3 Å². The Bertz CT molecular complexity index is 927. The van der Waals surface area contributed by atoms with Crippen molar-refractivity contribution in [3.05, 3.63) is 102 Å². The van der Waals surface area contributed by atoms with E-state index in [-0.39, 0.29) is 19.1 Å². The third kappa shape index (κ3) is 5.05. The summed E-state index contributed by atoms with van der Waals surface area (Å²) in [6, 6.07) is 25.5. The third-order valence-corrected chi connectivity index (χ3v) is 4.33. The van der Waals surface area contributed by atoms with Crippen LogP contribution in [0.3, 0.4) is 0 Å². The number of amides is 1. The van der Waals surface area contributed by atoms with Crippen LogP contribution in [-0.2, 0) is 16.1 Å². The Labute approximate surface area is 164 Å². The molecule has 3 aromatic carbocycles. The average Bonchev–Trinajstić information content (AvgIpc) is 2.74. The summed E-state index contributed by atoms with van der Waals surface area (Å²) in [6.45, 7) is 0.383. The second-order valence-electron chi connectivity index (χ2n) is 6.33. The molecule has 5 heteroatoms. The van der Waals surface area contributed by atoms with Crippen LogP contribution < -0.4 is 11.1 Å². The van der Waals surface area contributed by atoms with E-state index >= 15 is 0 Å².